The normalized spacial score (nSPS) is 11.1. The van der Waals surface area contributed by atoms with Crippen molar-refractivity contribution in [1.82, 2.24) is 19.7 Å². The molecule has 0 amide bonds. The molecule has 0 atom stereocenters. The van der Waals surface area contributed by atoms with Gasteiger partial charge in [0, 0.05) is 12.6 Å². The third kappa shape index (κ3) is 1.77. The molecule has 0 radical (unpaired) electrons. The topological polar surface area (TPSA) is 83.8 Å². The van der Waals surface area contributed by atoms with Crippen molar-refractivity contribution in [2.24, 2.45) is 7.05 Å². The molecule has 0 aliphatic heterocycles. The summed E-state index contributed by atoms with van der Waals surface area (Å²) in [5, 5.41) is 13.0. The molecular formula is C13H12N4O2. The monoisotopic (exact) mass is 256 g/mol. The molecule has 6 nitrogen and oxygen atoms in total. The van der Waals surface area contributed by atoms with Gasteiger partial charge in [0.1, 0.15) is 5.82 Å². The van der Waals surface area contributed by atoms with Gasteiger partial charge >= 0.3 is 5.97 Å². The van der Waals surface area contributed by atoms with Crippen LogP contribution < -0.4 is 0 Å². The number of carbonyl (C=O) groups is 1. The van der Waals surface area contributed by atoms with Crippen molar-refractivity contribution in [3.05, 3.63) is 35.8 Å². The van der Waals surface area contributed by atoms with Gasteiger partial charge in [0.2, 0.25) is 0 Å². The minimum atomic E-state index is -1.03. The molecule has 0 spiro atoms. The summed E-state index contributed by atoms with van der Waals surface area (Å²) in [7, 11) is 1.72. The third-order valence-electron chi connectivity index (χ3n) is 3.01. The van der Waals surface area contributed by atoms with Crippen molar-refractivity contribution >= 4 is 17.0 Å². The number of H-pyrrole nitrogens is 1. The Balaban J connectivity index is 2.26. The quantitative estimate of drug-likeness (QED) is 0.734. The van der Waals surface area contributed by atoms with Crippen LogP contribution in [0.5, 0.6) is 0 Å². The molecule has 0 aliphatic carbocycles. The third-order valence-corrected chi connectivity index (χ3v) is 3.01. The van der Waals surface area contributed by atoms with Crippen molar-refractivity contribution in [1.29, 1.82) is 0 Å². The van der Waals surface area contributed by atoms with Crippen LogP contribution in [-0.4, -0.2) is 30.8 Å². The standard InChI is InChI=1S/C13H12N4O2/c1-7-14-9-5-3-4-8(12(9)15-7)11-6-10(13(18)19)16-17(11)2/h3-6H,1-2H3,(H,14,15)(H,18,19). The van der Waals surface area contributed by atoms with Gasteiger partial charge in [0.05, 0.1) is 16.7 Å². The number of aromatic nitrogens is 4. The van der Waals surface area contributed by atoms with Crippen LogP contribution in [0.3, 0.4) is 0 Å². The van der Waals surface area contributed by atoms with Crippen LogP contribution in [-0.2, 0) is 7.05 Å². The first-order chi connectivity index (χ1) is 9.06. The predicted molar refractivity (Wildman–Crippen MR) is 70.0 cm³/mol. The zero-order valence-electron chi connectivity index (χ0n) is 10.5. The first-order valence-corrected chi connectivity index (χ1v) is 5.79. The summed E-state index contributed by atoms with van der Waals surface area (Å²) in [6.07, 6.45) is 0. The van der Waals surface area contributed by atoms with Crippen molar-refractivity contribution < 1.29 is 9.90 Å². The van der Waals surface area contributed by atoms with E-state index in [9.17, 15) is 4.79 Å². The number of nitrogens with one attached hydrogen (secondary N) is 1. The summed E-state index contributed by atoms with van der Waals surface area (Å²) in [5.74, 6) is -0.213. The number of imidazole rings is 1. The number of para-hydroxylation sites is 1. The summed E-state index contributed by atoms with van der Waals surface area (Å²) < 4.78 is 1.56. The Morgan fingerprint density at radius 3 is 2.89 bits per heavy atom. The number of aryl methyl sites for hydroxylation is 2. The Bertz CT molecular complexity index is 785. The van der Waals surface area contributed by atoms with E-state index in [-0.39, 0.29) is 5.69 Å². The molecule has 1 aromatic carbocycles. The molecule has 3 aromatic rings. The molecule has 0 aliphatic rings. The predicted octanol–water partition coefficient (Wildman–Crippen LogP) is 1.97. The van der Waals surface area contributed by atoms with E-state index in [0.29, 0.717) is 0 Å². The average molecular weight is 256 g/mol. The van der Waals surface area contributed by atoms with Gasteiger partial charge < -0.3 is 10.1 Å². The lowest BCUT2D eigenvalue weighted by Gasteiger charge is -2.02. The summed E-state index contributed by atoms with van der Waals surface area (Å²) in [6.45, 7) is 1.88. The molecule has 0 fully saturated rings. The van der Waals surface area contributed by atoms with Crippen LogP contribution in [0.1, 0.15) is 16.3 Å². The molecular weight excluding hydrogens is 244 g/mol. The summed E-state index contributed by atoms with van der Waals surface area (Å²) >= 11 is 0. The van der Waals surface area contributed by atoms with Crippen LogP contribution in [0.2, 0.25) is 0 Å². The van der Waals surface area contributed by atoms with Gasteiger partial charge in [-0.3, -0.25) is 4.68 Å². The van der Waals surface area contributed by atoms with E-state index >= 15 is 0 Å². The van der Waals surface area contributed by atoms with Gasteiger partial charge in [-0.15, -0.1) is 0 Å². The van der Waals surface area contributed by atoms with Crippen LogP contribution >= 0.6 is 0 Å². The van der Waals surface area contributed by atoms with E-state index in [2.05, 4.69) is 15.1 Å². The highest BCUT2D eigenvalue weighted by Crippen LogP contribution is 2.27. The Labute approximate surface area is 108 Å². The van der Waals surface area contributed by atoms with E-state index in [1.165, 1.54) is 0 Å². The first-order valence-electron chi connectivity index (χ1n) is 5.79. The number of hydrogen-bond donors (Lipinski definition) is 2. The average Bonchev–Trinajstić information content (AvgIpc) is 2.90. The van der Waals surface area contributed by atoms with Gasteiger partial charge in [0.15, 0.2) is 5.69 Å². The largest absolute Gasteiger partial charge is 0.476 e. The molecule has 2 aromatic heterocycles. The Hall–Kier alpha value is -2.63. The Morgan fingerprint density at radius 1 is 1.42 bits per heavy atom. The Morgan fingerprint density at radius 2 is 2.21 bits per heavy atom. The lowest BCUT2D eigenvalue weighted by atomic mass is 10.1. The fraction of sp³-hybridized carbons (Fsp3) is 0.154. The Kier molecular flexibility index (Phi) is 2.38. The molecule has 19 heavy (non-hydrogen) atoms. The zero-order chi connectivity index (χ0) is 13.6. The second kappa shape index (κ2) is 3.94. The molecule has 0 unspecified atom stereocenters. The van der Waals surface area contributed by atoms with Gasteiger partial charge in [-0.1, -0.05) is 12.1 Å². The van der Waals surface area contributed by atoms with Gasteiger partial charge in [-0.25, -0.2) is 9.78 Å². The number of aromatic amines is 1. The number of hydrogen-bond acceptors (Lipinski definition) is 3. The number of benzene rings is 1. The van der Waals surface area contributed by atoms with Crippen molar-refractivity contribution in [3.63, 3.8) is 0 Å². The highest BCUT2D eigenvalue weighted by atomic mass is 16.4. The minimum absolute atomic E-state index is 0.0294. The maximum Gasteiger partial charge on any atom is 0.356 e. The second-order valence-electron chi connectivity index (χ2n) is 4.37. The van der Waals surface area contributed by atoms with Crippen molar-refractivity contribution in [2.75, 3.05) is 0 Å². The number of carboxylic acid groups (broad SMARTS) is 1. The molecule has 2 N–H and O–H groups in total. The number of rotatable bonds is 2. The second-order valence-corrected chi connectivity index (χ2v) is 4.37. The first kappa shape index (κ1) is 11.5. The minimum Gasteiger partial charge on any atom is -0.476 e. The SMILES string of the molecule is Cc1nc2c(-c3cc(C(=O)O)nn3C)cccc2[nH]1. The molecule has 0 saturated carbocycles. The molecule has 96 valence electrons. The highest BCUT2D eigenvalue weighted by molar-refractivity contribution is 5.93. The maximum atomic E-state index is 11.0. The smallest absolute Gasteiger partial charge is 0.356 e. The fourth-order valence-electron chi connectivity index (χ4n) is 2.19. The maximum absolute atomic E-state index is 11.0. The number of fused-ring (bicyclic) bond motifs is 1. The summed E-state index contributed by atoms with van der Waals surface area (Å²) in [6, 6.07) is 7.31. The van der Waals surface area contributed by atoms with Crippen LogP contribution in [0.15, 0.2) is 24.3 Å². The van der Waals surface area contributed by atoms with E-state index in [4.69, 9.17) is 5.11 Å². The summed E-state index contributed by atoms with van der Waals surface area (Å²) in [5.41, 5.74) is 3.37. The van der Waals surface area contributed by atoms with Crippen LogP contribution in [0, 0.1) is 6.92 Å². The van der Waals surface area contributed by atoms with E-state index in [1.807, 2.05) is 25.1 Å². The lowest BCUT2D eigenvalue weighted by Crippen LogP contribution is -1.99. The number of aromatic carboxylic acids is 1. The molecule has 2 heterocycles. The molecule has 0 bridgehead atoms. The van der Waals surface area contributed by atoms with E-state index < -0.39 is 5.97 Å². The molecule has 0 saturated heterocycles. The summed E-state index contributed by atoms with van der Waals surface area (Å²) in [4.78, 5) is 18.6. The van der Waals surface area contributed by atoms with Crippen LogP contribution in [0.4, 0.5) is 0 Å². The molecule has 3 rings (SSSR count). The highest BCUT2D eigenvalue weighted by Gasteiger charge is 2.15. The lowest BCUT2D eigenvalue weighted by molar-refractivity contribution is 0.0689. The zero-order valence-corrected chi connectivity index (χ0v) is 10.5. The van der Waals surface area contributed by atoms with E-state index in [0.717, 1.165) is 28.1 Å². The molecule has 6 heteroatoms. The van der Waals surface area contributed by atoms with Crippen molar-refractivity contribution in [2.45, 2.75) is 6.92 Å². The van der Waals surface area contributed by atoms with Crippen LogP contribution in [0.25, 0.3) is 22.3 Å². The number of carboxylic acids is 1. The fourth-order valence-corrected chi connectivity index (χ4v) is 2.19. The van der Waals surface area contributed by atoms with Gasteiger partial charge in [-0.2, -0.15) is 5.10 Å². The van der Waals surface area contributed by atoms with Gasteiger partial charge in [-0.05, 0) is 19.1 Å². The van der Waals surface area contributed by atoms with Crippen molar-refractivity contribution in [3.8, 4) is 11.3 Å². The van der Waals surface area contributed by atoms with Gasteiger partial charge in [0.25, 0.3) is 0 Å². The van der Waals surface area contributed by atoms with E-state index in [1.54, 1.807) is 17.8 Å². The number of nitrogens with zero attached hydrogens (tertiary/aromatic N) is 3.